The average molecular weight is 305 g/mol. The highest BCUT2D eigenvalue weighted by Crippen LogP contribution is 2.19. The monoisotopic (exact) mass is 304 g/mol. The molecular weight excluding hydrogens is 288 g/mol. The summed E-state index contributed by atoms with van der Waals surface area (Å²) in [5, 5.41) is 0. The third-order valence-electron chi connectivity index (χ3n) is 2.09. The summed E-state index contributed by atoms with van der Waals surface area (Å²) in [6, 6.07) is 3.88. The first-order valence-electron chi connectivity index (χ1n) is 5.10. The molecule has 0 aliphatic carbocycles. The van der Waals surface area contributed by atoms with E-state index in [0.717, 1.165) is 10.2 Å². The van der Waals surface area contributed by atoms with E-state index in [1.54, 1.807) is 6.20 Å². The first-order valence-corrected chi connectivity index (χ1v) is 7.04. The number of hydrogen-bond donors (Lipinski definition) is 1. The van der Waals surface area contributed by atoms with E-state index >= 15 is 0 Å². The first-order chi connectivity index (χ1) is 7.30. The second-order valence-electron chi connectivity index (χ2n) is 4.63. The van der Waals surface area contributed by atoms with E-state index < -0.39 is 11.4 Å². The zero-order valence-electron chi connectivity index (χ0n) is 9.95. The van der Waals surface area contributed by atoms with Gasteiger partial charge in [0.15, 0.2) is 0 Å². The Balaban J connectivity index is 2.65. The minimum atomic E-state index is -1.06. The van der Waals surface area contributed by atoms with Crippen LogP contribution in [0.15, 0.2) is 22.9 Å². The second kappa shape index (κ2) is 5.49. The second-order valence-corrected chi connectivity index (χ2v) is 7.45. The molecule has 1 aromatic rings. The highest BCUT2D eigenvalue weighted by molar-refractivity contribution is 9.10. The summed E-state index contributed by atoms with van der Waals surface area (Å²) < 4.78 is 15.5. The summed E-state index contributed by atoms with van der Waals surface area (Å²) in [4.78, 5) is 4.15. The molecule has 0 amide bonds. The lowest BCUT2D eigenvalue weighted by Gasteiger charge is -2.26. The molecule has 16 heavy (non-hydrogen) atoms. The zero-order valence-corrected chi connectivity index (χ0v) is 12.4. The van der Waals surface area contributed by atoms with Crippen molar-refractivity contribution in [1.29, 1.82) is 0 Å². The van der Waals surface area contributed by atoms with Crippen molar-refractivity contribution in [3.05, 3.63) is 28.5 Å². The van der Waals surface area contributed by atoms with Crippen molar-refractivity contribution in [2.24, 2.45) is 0 Å². The van der Waals surface area contributed by atoms with Crippen molar-refractivity contribution >= 4 is 27.3 Å². The van der Waals surface area contributed by atoms with Gasteiger partial charge in [-0.25, -0.2) is 4.98 Å². The van der Waals surface area contributed by atoms with E-state index in [-0.39, 0.29) is 10.8 Å². The molecule has 0 spiro atoms. The van der Waals surface area contributed by atoms with Crippen LogP contribution in [0.2, 0.25) is 0 Å². The molecule has 90 valence electrons. The Morgan fingerprint density at radius 2 is 2.06 bits per heavy atom. The number of halogens is 1. The van der Waals surface area contributed by atoms with Gasteiger partial charge < -0.3 is 4.55 Å². The van der Waals surface area contributed by atoms with Gasteiger partial charge in [-0.1, -0.05) is 6.07 Å². The van der Waals surface area contributed by atoms with Crippen LogP contribution in [0.3, 0.4) is 0 Å². The lowest BCUT2D eigenvalue weighted by Crippen LogP contribution is -2.40. The van der Waals surface area contributed by atoms with Crippen molar-refractivity contribution in [3.8, 4) is 0 Å². The molecule has 0 aliphatic heterocycles. The van der Waals surface area contributed by atoms with Gasteiger partial charge in [0.2, 0.25) is 0 Å². The molecule has 1 unspecified atom stereocenters. The van der Waals surface area contributed by atoms with Gasteiger partial charge in [-0.05, 0) is 55.3 Å². The summed E-state index contributed by atoms with van der Waals surface area (Å²) in [6.07, 6.45) is 1.78. The van der Waals surface area contributed by atoms with Crippen molar-refractivity contribution in [3.63, 3.8) is 0 Å². The van der Waals surface area contributed by atoms with Crippen molar-refractivity contribution < 1.29 is 4.55 Å². The summed E-state index contributed by atoms with van der Waals surface area (Å²) in [6.45, 7) is 7.82. The predicted octanol–water partition coefficient (Wildman–Crippen LogP) is 2.96. The molecule has 2 atom stereocenters. The maximum absolute atomic E-state index is 11.9. The van der Waals surface area contributed by atoms with Gasteiger partial charge in [-0.15, -0.1) is 4.72 Å². The fourth-order valence-corrected chi connectivity index (χ4v) is 2.09. The topological polar surface area (TPSA) is 48.0 Å². The molecule has 0 aliphatic rings. The Labute approximate surface area is 108 Å². The third-order valence-corrected chi connectivity index (χ3v) is 4.24. The van der Waals surface area contributed by atoms with Gasteiger partial charge in [0.05, 0.1) is 6.04 Å². The van der Waals surface area contributed by atoms with E-state index in [9.17, 15) is 4.55 Å². The quantitative estimate of drug-likeness (QED) is 0.690. The number of rotatable bonds is 3. The largest absolute Gasteiger partial charge is 0.598 e. The number of hydrogen-bond acceptors (Lipinski definition) is 3. The SMILES string of the molecule is C[C@H](N[S+]([O-])C(C)(C)C)c1ccc(Br)nc1. The highest BCUT2D eigenvalue weighted by Gasteiger charge is 2.28. The van der Waals surface area contributed by atoms with Gasteiger partial charge in [-0.2, -0.15) is 0 Å². The first kappa shape index (κ1) is 14.0. The Morgan fingerprint density at radius 1 is 1.44 bits per heavy atom. The summed E-state index contributed by atoms with van der Waals surface area (Å²) in [7, 11) is 0. The van der Waals surface area contributed by atoms with Crippen LogP contribution in [-0.4, -0.2) is 14.3 Å². The number of nitrogens with one attached hydrogen (secondary N) is 1. The highest BCUT2D eigenvalue weighted by atomic mass is 79.9. The van der Waals surface area contributed by atoms with Crippen molar-refractivity contribution in [1.82, 2.24) is 9.71 Å². The van der Waals surface area contributed by atoms with Crippen molar-refractivity contribution in [2.45, 2.75) is 38.5 Å². The third kappa shape index (κ3) is 4.05. The molecule has 1 heterocycles. The van der Waals surface area contributed by atoms with E-state index in [0.29, 0.717) is 0 Å². The minimum absolute atomic E-state index is 0.0284. The van der Waals surface area contributed by atoms with Crippen LogP contribution < -0.4 is 4.72 Å². The Morgan fingerprint density at radius 3 is 2.50 bits per heavy atom. The molecule has 1 aromatic heterocycles. The van der Waals surface area contributed by atoms with Gasteiger partial charge in [0.1, 0.15) is 9.35 Å². The van der Waals surface area contributed by atoms with E-state index in [2.05, 4.69) is 25.6 Å². The molecule has 0 saturated heterocycles. The standard InChI is InChI=1S/C11H17BrN2OS/c1-8(14-16(15)11(2,3)4)9-5-6-10(12)13-7-9/h5-8,14H,1-4H3/t8-,16?/m0/s1. The molecule has 0 aromatic carbocycles. The zero-order chi connectivity index (χ0) is 12.3. The Hall–Kier alpha value is -0.100. The minimum Gasteiger partial charge on any atom is -0.598 e. The Bertz CT molecular complexity index is 337. The number of pyridine rings is 1. The average Bonchev–Trinajstić information content (AvgIpc) is 2.17. The lowest BCUT2D eigenvalue weighted by molar-refractivity contribution is 0.531. The van der Waals surface area contributed by atoms with E-state index in [1.165, 1.54) is 0 Å². The van der Waals surface area contributed by atoms with Crippen LogP contribution in [0.1, 0.15) is 39.3 Å². The summed E-state index contributed by atoms with van der Waals surface area (Å²) in [5.74, 6) is 0. The molecule has 0 bridgehead atoms. The maximum Gasteiger partial charge on any atom is 0.136 e. The molecule has 1 N–H and O–H groups in total. The number of aromatic nitrogens is 1. The molecule has 5 heteroatoms. The summed E-state index contributed by atoms with van der Waals surface area (Å²) >= 11 is 2.22. The molecule has 1 rings (SSSR count). The predicted molar refractivity (Wildman–Crippen MR) is 71.4 cm³/mol. The van der Waals surface area contributed by atoms with Gasteiger partial charge in [0.25, 0.3) is 0 Å². The van der Waals surface area contributed by atoms with Crippen LogP contribution >= 0.6 is 15.9 Å². The fourth-order valence-electron chi connectivity index (χ4n) is 1.05. The van der Waals surface area contributed by atoms with E-state index in [4.69, 9.17) is 0 Å². The van der Waals surface area contributed by atoms with Crippen LogP contribution in [-0.2, 0) is 11.4 Å². The number of nitrogens with zero attached hydrogens (tertiary/aromatic N) is 1. The maximum atomic E-state index is 11.9. The van der Waals surface area contributed by atoms with Crippen LogP contribution in [0, 0.1) is 0 Å². The molecule has 0 saturated carbocycles. The fraction of sp³-hybridized carbons (Fsp3) is 0.545. The van der Waals surface area contributed by atoms with Gasteiger partial charge >= 0.3 is 0 Å². The molecule has 0 radical (unpaired) electrons. The van der Waals surface area contributed by atoms with E-state index in [1.807, 2.05) is 39.8 Å². The van der Waals surface area contributed by atoms with Crippen molar-refractivity contribution in [2.75, 3.05) is 0 Å². The van der Waals surface area contributed by atoms with Gasteiger partial charge in [-0.3, -0.25) is 0 Å². The normalized spacial score (nSPS) is 15.9. The van der Waals surface area contributed by atoms with Gasteiger partial charge in [0, 0.05) is 17.6 Å². The smallest absolute Gasteiger partial charge is 0.136 e. The Kier molecular flexibility index (Phi) is 4.79. The summed E-state index contributed by atoms with van der Waals surface area (Å²) in [5.41, 5.74) is 1.03. The molecular formula is C11H17BrN2OS. The van der Waals surface area contributed by atoms with Crippen LogP contribution in [0.5, 0.6) is 0 Å². The lowest BCUT2D eigenvalue weighted by atomic mass is 10.2. The van der Waals surface area contributed by atoms with Crippen LogP contribution in [0.4, 0.5) is 0 Å². The molecule has 0 fully saturated rings. The molecule has 3 nitrogen and oxygen atoms in total. The van der Waals surface area contributed by atoms with Crippen LogP contribution in [0.25, 0.3) is 0 Å².